The number of hydrogen-bond donors (Lipinski definition) is 1. The first-order valence-corrected chi connectivity index (χ1v) is 13.3. The van der Waals surface area contributed by atoms with Gasteiger partial charge in [-0.3, -0.25) is 14.5 Å². The third kappa shape index (κ3) is 5.31. The first-order valence-electron chi connectivity index (χ1n) is 13.3. The summed E-state index contributed by atoms with van der Waals surface area (Å²) in [5.41, 5.74) is 2.21. The van der Waals surface area contributed by atoms with Crippen molar-refractivity contribution in [2.75, 3.05) is 18.4 Å². The highest BCUT2D eigenvalue weighted by Crippen LogP contribution is 2.41. The number of imide groups is 1. The van der Waals surface area contributed by atoms with Gasteiger partial charge in [-0.05, 0) is 42.2 Å². The van der Waals surface area contributed by atoms with Crippen LogP contribution in [0.3, 0.4) is 0 Å². The Hall–Kier alpha value is -2.37. The minimum atomic E-state index is -0.749. The minimum absolute atomic E-state index is 0.177. The van der Waals surface area contributed by atoms with Crippen molar-refractivity contribution in [3.8, 4) is 0 Å². The molecule has 0 atom stereocenters. The summed E-state index contributed by atoms with van der Waals surface area (Å²) >= 11 is 0. The molecular formula is C28H43N3O3. The van der Waals surface area contributed by atoms with Gasteiger partial charge in [0, 0.05) is 12.2 Å². The largest absolute Gasteiger partial charge is 0.328 e. The first-order chi connectivity index (χ1) is 16.2. The molecule has 34 heavy (non-hydrogen) atoms. The molecule has 1 saturated heterocycles. The van der Waals surface area contributed by atoms with Crippen LogP contribution < -0.4 is 5.32 Å². The number of anilines is 1. The van der Waals surface area contributed by atoms with Gasteiger partial charge in [-0.25, -0.2) is 4.79 Å². The van der Waals surface area contributed by atoms with E-state index in [4.69, 9.17) is 0 Å². The van der Waals surface area contributed by atoms with E-state index in [0.29, 0.717) is 19.4 Å². The van der Waals surface area contributed by atoms with Crippen LogP contribution in [0.5, 0.6) is 0 Å². The van der Waals surface area contributed by atoms with Crippen molar-refractivity contribution >= 4 is 23.5 Å². The normalized spacial score (nSPS) is 18.0. The molecule has 4 amide bonds. The van der Waals surface area contributed by atoms with Crippen molar-refractivity contribution in [3.63, 3.8) is 0 Å². The van der Waals surface area contributed by atoms with Crippen molar-refractivity contribution in [1.82, 2.24) is 9.80 Å². The zero-order valence-electron chi connectivity index (χ0n) is 21.8. The highest BCUT2D eigenvalue weighted by molar-refractivity contribution is 6.10. The van der Waals surface area contributed by atoms with Crippen molar-refractivity contribution < 1.29 is 14.4 Å². The van der Waals surface area contributed by atoms with E-state index in [0.717, 1.165) is 61.8 Å². The van der Waals surface area contributed by atoms with Crippen molar-refractivity contribution in [2.45, 2.75) is 110 Å². The molecule has 6 heteroatoms. The standard InChI is InChI=1S/C28H43N3O3/c1-6-7-8-12-18-31-27(34)30(26(33)28(31)16-10-9-11-17-28)19-24(32)29-25-22(20(2)3)14-13-15-23(25)21(4)5/h13-15,20-21H,6-12,16-19H2,1-5H3,(H,29,32). The predicted octanol–water partition coefficient (Wildman–Crippen LogP) is 6.42. The van der Waals surface area contributed by atoms with E-state index >= 15 is 0 Å². The first kappa shape index (κ1) is 26.2. The number of benzene rings is 1. The number of carbonyl (C=O) groups is 3. The Bertz CT molecular complexity index is 861. The molecule has 0 bridgehead atoms. The maximum atomic E-state index is 13.6. The Kier molecular flexibility index (Phi) is 8.78. The SMILES string of the molecule is CCCCCCN1C(=O)N(CC(=O)Nc2c(C(C)C)cccc2C(C)C)C(=O)C12CCCCC2. The van der Waals surface area contributed by atoms with Crippen LogP contribution >= 0.6 is 0 Å². The van der Waals surface area contributed by atoms with Crippen molar-refractivity contribution in [1.29, 1.82) is 0 Å². The number of carbonyl (C=O) groups excluding carboxylic acids is 3. The highest BCUT2D eigenvalue weighted by Gasteiger charge is 2.57. The average molecular weight is 470 g/mol. The lowest BCUT2D eigenvalue weighted by Gasteiger charge is -2.38. The molecule has 2 fully saturated rings. The quantitative estimate of drug-likeness (QED) is 0.317. The number of para-hydroxylation sites is 1. The summed E-state index contributed by atoms with van der Waals surface area (Å²) in [6.45, 7) is 10.9. The highest BCUT2D eigenvalue weighted by atomic mass is 16.2. The van der Waals surface area contributed by atoms with Gasteiger partial charge in [-0.15, -0.1) is 0 Å². The van der Waals surface area contributed by atoms with E-state index in [9.17, 15) is 14.4 Å². The summed E-state index contributed by atoms with van der Waals surface area (Å²) in [6.07, 6.45) is 8.60. The molecule has 1 heterocycles. The monoisotopic (exact) mass is 469 g/mol. The summed E-state index contributed by atoms with van der Waals surface area (Å²) in [4.78, 5) is 43.3. The third-order valence-corrected chi connectivity index (χ3v) is 7.48. The average Bonchev–Trinajstić information content (AvgIpc) is 2.98. The van der Waals surface area contributed by atoms with Gasteiger partial charge in [0.15, 0.2) is 0 Å². The number of hydrogen-bond acceptors (Lipinski definition) is 3. The Morgan fingerprint density at radius 1 is 0.971 bits per heavy atom. The molecule has 0 unspecified atom stereocenters. The molecule has 1 aromatic rings. The van der Waals surface area contributed by atoms with Crippen LogP contribution in [-0.2, 0) is 9.59 Å². The minimum Gasteiger partial charge on any atom is -0.324 e. The number of amides is 4. The molecule has 1 saturated carbocycles. The number of rotatable bonds is 10. The second-order valence-corrected chi connectivity index (χ2v) is 10.6. The summed E-state index contributed by atoms with van der Waals surface area (Å²) in [5.74, 6) is 0.000837. The van der Waals surface area contributed by atoms with Crippen molar-refractivity contribution in [3.05, 3.63) is 29.3 Å². The van der Waals surface area contributed by atoms with E-state index < -0.39 is 5.54 Å². The molecule has 3 rings (SSSR count). The van der Waals surface area contributed by atoms with Crippen LogP contribution in [0.2, 0.25) is 0 Å². The molecule has 1 aliphatic carbocycles. The fraction of sp³-hybridized carbons (Fsp3) is 0.679. The van der Waals surface area contributed by atoms with Gasteiger partial charge >= 0.3 is 6.03 Å². The van der Waals surface area contributed by atoms with E-state index in [1.54, 1.807) is 4.90 Å². The van der Waals surface area contributed by atoms with Crippen LogP contribution in [0.1, 0.15) is 115 Å². The number of nitrogens with one attached hydrogen (secondary N) is 1. The lowest BCUT2D eigenvalue weighted by atomic mass is 9.80. The summed E-state index contributed by atoms with van der Waals surface area (Å²) in [5, 5.41) is 3.07. The molecule has 1 aliphatic heterocycles. The smallest absolute Gasteiger partial charge is 0.324 e. The van der Waals surface area contributed by atoms with Gasteiger partial charge in [0.1, 0.15) is 12.1 Å². The maximum Gasteiger partial charge on any atom is 0.328 e. The molecule has 188 valence electrons. The lowest BCUT2D eigenvalue weighted by Crippen LogP contribution is -2.51. The Morgan fingerprint density at radius 3 is 2.15 bits per heavy atom. The number of urea groups is 1. The second kappa shape index (κ2) is 11.4. The molecule has 1 N–H and O–H groups in total. The molecule has 1 spiro atoms. The summed E-state index contributed by atoms with van der Waals surface area (Å²) in [6, 6.07) is 5.80. The van der Waals surface area contributed by atoms with Crippen LogP contribution in [0.15, 0.2) is 18.2 Å². The Balaban J connectivity index is 1.80. The molecule has 6 nitrogen and oxygen atoms in total. The maximum absolute atomic E-state index is 13.6. The van der Waals surface area contributed by atoms with Gasteiger partial charge in [0.2, 0.25) is 5.91 Å². The van der Waals surface area contributed by atoms with Crippen LogP contribution in [0, 0.1) is 0 Å². The van der Waals surface area contributed by atoms with Gasteiger partial charge in [0.25, 0.3) is 5.91 Å². The lowest BCUT2D eigenvalue weighted by molar-refractivity contribution is -0.136. The van der Waals surface area contributed by atoms with E-state index in [1.165, 1.54) is 4.90 Å². The Morgan fingerprint density at radius 2 is 1.59 bits per heavy atom. The predicted molar refractivity (Wildman–Crippen MR) is 137 cm³/mol. The zero-order chi connectivity index (χ0) is 24.9. The number of nitrogens with zero attached hydrogens (tertiary/aromatic N) is 2. The van der Waals surface area contributed by atoms with Gasteiger partial charge in [0.05, 0.1) is 0 Å². The number of unbranched alkanes of at least 4 members (excludes halogenated alkanes) is 3. The van der Waals surface area contributed by atoms with Crippen molar-refractivity contribution in [2.24, 2.45) is 0 Å². The molecular weight excluding hydrogens is 426 g/mol. The van der Waals surface area contributed by atoms with Gasteiger partial charge in [-0.1, -0.05) is 91.3 Å². The molecule has 1 aromatic carbocycles. The van der Waals surface area contributed by atoms with Crippen LogP contribution in [0.25, 0.3) is 0 Å². The van der Waals surface area contributed by atoms with Gasteiger partial charge in [-0.2, -0.15) is 0 Å². The van der Waals surface area contributed by atoms with E-state index in [-0.39, 0.29) is 36.2 Å². The molecule has 0 aromatic heterocycles. The molecule has 2 aliphatic rings. The van der Waals surface area contributed by atoms with Crippen LogP contribution in [0.4, 0.5) is 10.5 Å². The fourth-order valence-electron chi connectivity index (χ4n) is 5.57. The Labute approximate surface area is 205 Å². The fourth-order valence-corrected chi connectivity index (χ4v) is 5.57. The topological polar surface area (TPSA) is 69.7 Å². The van der Waals surface area contributed by atoms with E-state index in [2.05, 4.69) is 39.9 Å². The molecule has 0 radical (unpaired) electrons. The second-order valence-electron chi connectivity index (χ2n) is 10.6. The zero-order valence-corrected chi connectivity index (χ0v) is 21.8. The van der Waals surface area contributed by atoms with Gasteiger partial charge < -0.3 is 10.2 Å². The summed E-state index contributed by atoms with van der Waals surface area (Å²) in [7, 11) is 0. The third-order valence-electron chi connectivity index (χ3n) is 7.48. The van der Waals surface area contributed by atoms with Crippen LogP contribution in [-0.4, -0.2) is 46.3 Å². The van der Waals surface area contributed by atoms with E-state index in [1.807, 2.05) is 18.2 Å². The summed E-state index contributed by atoms with van der Waals surface area (Å²) < 4.78 is 0.